The number of likely N-dealkylation sites (N-methyl/N-ethyl adjacent to an activating group) is 1. The van der Waals surface area contributed by atoms with Crippen molar-refractivity contribution in [2.45, 2.75) is 45.7 Å². The zero-order valence-corrected chi connectivity index (χ0v) is 11.9. The smallest absolute Gasteiger partial charge is 0.0900 e. The highest BCUT2D eigenvalue weighted by molar-refractivity contribution is 7.11. The first kappa shape index (κ1) is 13.0. The summed E-state index contributed by atoms with van der Waals surface area (Å²) in [5, 5.41) is 4.78. The first-order valence-electron chi connectivity index (χ1n) is 6.50. The molecular weight excluding hydrogens is 230 g/mol. The lowest BCUT2D eigenvalue weighted by molar-refractivity contribution is 0.257. The van der Waals surface area contributed by atoms with Crippen LogP contribution in [-0.4, -0.2) is 36.1 Å². The van der Waals surface area contributed by atoms with Crippen molar-refractivity contribution in [2.75, 3.05) is 20.1 Å². The van der Waals surface area contributed by atoms with Crippen molar-refractivity contribution in [1.82, 2.24) is 15.2 Å². The normalized spacial score (nSPS) is 21.1. The molecule has 0 aliphatic carbocycles. The minimum atomic E-state index is 0.683. The van der Waals surface area contributed by atoms with Crippen molar-refractivity contribution in [3.8, 4) is 0 Å². The maximum atomic E-state index is 4.49. The number of nitrogens with zero attached hydrogens (tertiary/aromatic N) is 2. The van der Waals surface area contributed by atoms with Crippen LogP contribution in [0, 0.1) is 13.8 Å². The van der Waals surface area contributed by atoms with E-state index in [9.17, 15) is 0 Å². The van der Waals surface area contributed by atoms with E-state index < -0.39 is 0 Å². The Labute approximate surface area is 108 Å². The number of thiazole rings is 1. The molecule has 1 aliphatic heterocycles. The van der Waals surface area contributed by atoms with E-state index in [1.54, 1.807) is 0 Å². The van der Waals surface area contributed by atoms with E-state index in [1.165, 1.54) is 41.4 Å². The Morgan fingerprint density at radius 2 is 2.24 bits per heavy atom. The molecule has 1 N–H and O–H groups in total. The molecule has 0 amide bonds. The van der Waals surface area contributed by atoms with E-state index >= 15 is 0 Å². The maximum Gasteiger partial charge on any atom is 0.0900 e. The van der Waals surface area contributed by atoms with Gasteiger partial charge >= 0.3 is 0 Å². The van der Waals surface area contributed by atoms with Gasteiger partial charge in [-0.05, 0) is 40.3 Å². The van der Waals surface area contributed by atoms with Gasteiger partial charge in [0.25, 0.3) is 0 Å². The molecular formula is C13H23N3S. The molecule has 0 spiro atoms. The zero-order chi connectivity index (χ0) is 12.3. The Morgan fingerprint density at radius 3 is 2.82 bits per heavy atom. The third kappa shape index (κ3) is 3.76. The SMILES string of the molecule is Cc1nc(C)c(CN(C)CC2CCCCN2)s1. The fourth-order valence-electron chi connectivity index (χ4n) is 2.49. The number of nitrogens with one attached hydrogen (secondary N) is 1. The van der Waals surface area contributed by atoms with Crippen LogP contribution in [0.5, 0.6) is 0 Å². The topological polar surface area (TPSA) is 28.2 Å². The van der Waals surface area contributed by atoms with Gasteiger partial charge in [-0.3, -0.25) is 4.90 Å². The van der Waals surface area contributed by atoms with Crippen LogP contribution in [0.15, 0.2) is 0 Å². The van der Waals surface area contributed by atoms with E-state index in [0.29, 0.717) is 6.04 Å². The van der Waals surface area contributed by atoms with Crippen LogP contribution in [0.4, 0.5) is 0 Å². The fraction of sp³-hybridized carbons (Fsp3) is 0.769. The van der Waals surface area contributed by atoms with Crippen LogP contribution in [-0.2, 0) is 6.54 Å². The number of aromatic nitrogens is 1. The molecule has 1 aromatic rings. The third-order valence-corrected chi connectivity index (χ3v) is 4.42. The van der Waals surface area contributed by atoms with Gasteiger partial charge in [-0.2, -0.15) is 0 Å². The lowest BCUT2D eigenvalue weighted by atomic mass is 10.0. The molecule has 0 bridgehead atoms. The van der Waals surface area contributed by atoms with Crippen LogP contribution in [0.25, 0.3) is 0 Å². The van der Waals surface area contributed by atoms with Crippen LogP contribution < -0.4 is 5.32 Å². The molecule has 17 heavy (non-hydrogen) atoms. The van der Waals surface area contributed by atoms with Crippen LogP contribution >= 0.6 is 11.3 Å². The molecule has 4 heteroatoms. The first-order chi connectivity index (χ1) is 8.15. The van der Waals surface area contributed by atoms with Crippen molar-refractivity contribution < 1.29 is 0 Å². The summed E-state index contributed by atoms with van der Waals surface area (Å²) >= 11 is 1.83. The summed E-state index contributed by atoms with van der Waals surface area (Å²) in [4.78, 5) is 8.32. The Kier molecular flexibility index (Phi) is 4.54. The van der Waals surface area contributed by atoms with E-state index in [2.05, 4.69) is 36.1 Å². The third-order valence-electron chi connectivity index (χ3n) is 3.36. The highest BCUT2D eigenvalue weighted by atomic mass is 32.1. The van der Waals surface area contributed by atoms with Crippen molar-refractivity contribution >= 4 is 11.3 Å². The van der Waals surface area contributed by atoms with Crippen molar-refractivity contribution in [1.29, 1.82) is 0 Å². The summed E-state index contributed by atoms with van der Waals surface area (Å²) in [6.45, 7) is 7.58. The predicted molar refractivity (Wildman–Crippen MR) is 73.6 cm³/mol. The molecule has 0 saturated carbocycles. The molecule has 1 atom stereocenters. The van der Waals surface area contributed by atoms with Gasteiger partial charge in [-0.15, -0.1) is 11.3 Å². The molecule has 1 unspecified atom stereocenters. The van der Waals surface area contributed by atoms with Gasteiger partial charge < -0.3 is 5.32 Å². The second-order valence-corrected chi connectivity index (χ2v) is 6.37. The highest BCUT2D eigenvalue weighted by Crippen LogP contribution is 2.19. The van der Waals surface area contributed by atoms with Gasteiger partial charge in [0.2, 0.25) is 0 Å². The second kappa shape index (κ2) is 5.94. The molecule has 96 valence electrons. The van der Waals surface area contributed by atoms with Crippen LogP contribution in [0.2, 0.25) is 0 Å². The van der Waals surface area contributed by atoms with E-state index in [-0.39, 0.29) is 0 Å². The number of rotatable bonds is 4. The highest BCUT2D eigenvalue weighted by Gasteiger charge is 2.15. The molecule has 1 aliphatic rings. The summed E-state index contributed by atoms with van der Waals surface area (Å²) in [7, 11) is 2.21. The number of aryl methyl sites for hydroxylation is 2. The minimum absolute atomic E-state index is 0.683. The van der Waals surface area contributed by atoms with Gasteiger partial charge in [0.05, 0.1) is 10.7 Å². The molecule has 1 saturated heterocycles. The van der Waals surface area contributed by atoms with Gasteiger partial charge in [0, 0.05) is 24.0 Å². The standard InChI is InChI=1S/C13H23N3S/c1-10-13(17-11(2)15-10)9-16(3)8-12-6-4-5-7-14-12/h12,14H,4-9H2,1-3H3. The fourth-order valence-corrected chi connectivity index (χ4v) is 3.50. The first-order valence-corrected chi connectivity index (χ1v) is 7.31. The second-order valence-electron chi connectivity index (χ2n) is 5.09. The van der Waals surface area contributed by atoms with Crippen molar-refractivity contribution in [2.24, 2.45) is 0 Å². The van der Waals surface area contributed by atoms with Crippen LogP contribution in [0.3, 0.4) is 0 Å². The zero-order valence-electron chi connectivity index (χ0n) is 11.1. The molecule has 1 aromatic heterocycles. The minimum Gasteiger partial charge on any atom is -0.313 e. The molecule has 1 fully saturated rings. The maximum absolute atomic E-state index is 4.49. The molecule has 2 rings (SSSR count). The summed E-state index contributed by atoms with van der Waals surface area (Å²) in [6, 6.07) is 0.683. The van der Waals surface area contributed by atoms with Crippen LogP contribution in [0.1, 0.15) is 34.8 Å². The summed E-state index contributed by atoms with van der Waals surface area (Å²) in [5.74, 6) is 0. The van der Waals surface area contributed by atoms with E-state index in [1.807, 2.05) is 11.3 Å². The Hall–Kier alpha value is -0.450. The Balaban J connectivity index is 1.83. The molecule has 0 radical (unpaired) electrons. The largest absolute Gasteiger partial charge is 0.313 e. The Bertz CT molecular complexity index is 356. The monoisotopic (exact) mass is 253 g/mol. The van der Waals surface area contributed by atoms with Gasteiger partial charge in [-0.25, -0.2) is 4.98 Å². The average Bonchev–Trinajstić information content (AvgIpc) is 2.58. The van der Waals surface area contributed by atoms with Crippen molar-refractivity contribution in [3.63, 3.8) is 0 Å². The average molecular weight is 253 g/mol. The summed E-state index contributed by atoms with van der Waals surface area (Å²) < 4.78 is 0. The van der Waals surface area contributed by atoms with Gasteiger partial charge in [-0.1, -0.05) is 6.42 Å². The molecule has 3 nitrogen and oxygen atoms in total. The molecule has 0 aromatic carbocycles. The van der Waals surface area contributed by atoms with Gasteiger partial charge in [0.1, 0.15) is 0 Å². The number of hydrogen-bond donors (Lipinski definition) is 1. The number of hydrogen-bond acceptors (Lipinski definition) is 4. The lowest BCUT2D eigenvalue weighted by Gasteiger charge is -2.28. The molecule has 2 heterocycles. The summed E-state index contributed by atoms with van der Waals surface area (Å²) in [5.41, 5.74) is 1.20. The summed E-state index contributed by atoms with van der Waals surface area (Å²) in [6.07, 6.45) is 4.04. The van der Waals surface area contributed by atoms with E-state index in [4.69, 9.17) is 0 Å². The number of piperidine rings is 1. The van der Waals surface area contributed by atoms with Crippen molar-refractivity contribution in [3.05, 3.63) is 15.6 Å². The Morgan fingerprint density at radius 1 is 1.41 bits per heavy atom. The quantitative estimate of drug-likeness (QED) is 0.892. The predicted octanol–water partition coefficient (Wildman–Crippen LogP) is 2.33. The van der Waals surface area contributed by atoms with Gasteiger partial charge in [0.15, 0.2) is 0 Å². The van der Waals surface area contributed by atoms with E-state index in [0.717, 1.165) is 13.1 Å². The lowest BCUT2D eigenvalue weighted by Crippen LogP contribution is -2.42.